The average Bonchev–Trinajstić information content (AvgIpc) is 2.17. The quantitative estimate of drug-likeness (QED) is 0.834. The molecule has 0 radical (unpaired) electrons. The van der Waals surface area contributed by atoms with Crippen molar-refractivity contribution in [2.75, 3.05) is 19.0 Å². The van der Waals surface area contributed by atoms with E-state index in [4.69, 9.17) is 16.3 Å². The van der Waals surface area contributed by atoms with Gasteiger partial charge in [-0.15, -0.1) is 0 Å². The lowest BCUT2D eigenvalue weighted by Gasteiger charge is -2.23. The zero-order valence-corrected chi connectivity index (χ0v) is 9.30. The molecule has 0 spiro atoms. The maximum Gasteiger partial charge on any atom is 0.148 e. The molecular formula is C9H14ClN3O. The molecule has 0 fully saturated rings. The fourth-order valence-corrected chi connectivity index (χ4v) is 0.983. The van der Waals surface area contributed by atoms with Crippen molar-refractivity contribution in [2.45, 2.75) is 19.4 Å². The number of ether oxygens (including phenoxy) is 1. The highest BCUT2D eigenvalue weighted by Gasteiger charge is 2.16. The first-order valence-electron chi connectivity index (χ1n) is 4.30. The van der Waals surface area contributed by atoms with Gasteiger partial charge in [0.05, 0.1) is 11.8 Å². The zero-order chi connectivity index (χ0) is 10.6. The summed E-state index contributed by atoms with van der Waals surface area (Å²) in [4.78, 5) is 7.80. The Bertz CT molecular complexity index is 304. The summed E-state index contributed by atoms with van der Waals surface area (Å²) in [6.45, 7) is 4.60. The summed E-state index contributed by atoms with van der Waals surface area (Å²) < 4.78 is 5.25. The van der Waals surface area contributed by atoms with Crippen molar-refractivity contribution in [1.82, 2.24) is 9.97 Å². The van der Waals surface area contributed by atoms with Crippen molar-refractivity contribution < 1.29 is 4.74 Å². The molecule has 1 aromatic heterocycles. The molecule has 0 bridgehead atoms. The molecule has 0 saturated carbocycles. The van der Waals surface area contributed by atoms with Crippen molar-refractivity contribution in [3.8, 4) is 0 Å². The summed E-state index contributed by atoms with van der Waals surface area (Å²) in [6.07, 6.45) is 3.00. The lowest BCUT2D eigenvalue weighted by molar-refractivity contribution is 0.0343. The van der Waals surface area contributed by atoms with Crippen LogP contribution in [0.2, 0.25) is 5.02 Å². The molecule has 0 aliphatic rings. The van der Waals surface area contributed by atoms with Crippen molar-refractivity contribution in [2.24, 2.45) is 0 Å². The number of nitrogens with one attached hydrogen (secondary N) is 1. The van der Waals surface area contributed by atoms with Crippen LogP contribution in [-0.4, -0.2) is 29.2 Å². The molecule has 1 rings (SSSR count). The van der Waals surface area contributed by atoms with E-state index in [1.807, 2.05) is 13.8 Å². The monoisotopic (exact) mass is 215 g/mol. The molecular weight excluding hydrogens is 202 g/mol. The number of nitrogens with zero attached hydrogens (tertiary/aromatic N) is 2. The lowest BCUT2D eigenvalue weighted by Crippen LogP contribution is -2.32. The molecule has 0 aromatic carbocycles. The van der Waals surface area contributed by atoms with Gasteiger partial charge in [0.25, 0.3) is 0 Å². The second kappa shape index (κ2) is 4.57. The third kappa shape index (κ3) is 3.12. The molecule has 0 atom stereocenters. The molecule has 1 heterocycles. The molecule has 5 heteroatoms. The smallest absolute Gasteiger partial charge is 0.148 e. The number of hydrogen-bond acceptors (Lipinski definition) is 4. The Hall–Kier alpha value is -0.870. The van der Waals surface area contributed by atoms with Crippen LogP contribution < -0.4 is 5.32 Å². The predicted molar refractivity (Wildman–Crippen MR) is 56.6 cm³/mol. The van der Waals surface area contributed by atoms with E-state index < -0.39 is 0 Å². The largest absolute Gasteiger partial charge is 0.377 e. The van der Waals surface area contributed by atoms with Crippen LogP contribution in [0.15, 0.2) is 12.5 Å². The van der Waals surface area contributed by atoms with Gasteiger partial charge in [0.1, 0.15) is 17.2 Å². The predicted octanol–water partition coefficient (Wildman–Crippen LogP) is 1.97. The Kier molecular flexibility index (Phi) is 3.66. The van der Waals surface area contributed by atoms with Gasteiger partial charge < -0.3 is 10.1 Å². The normalized spacial score (nSPS) is 11.4. The van der Waals surface area contributed by atoms with Crippen LogP contribution in [0.3, 0.4) is 0 Å². The minimum absolute atomic E-state index is 0.242. The third-order valence-corrected chi connectivity index (χ3v) is 2.18. The highest BCUT2D eigenvalue weighted by atomic mass is 35.5. The summed E-state index contributed by atoms with van der Waals surface area (Å²) in [6, 6.07) is 0. The standard InChI is InChI=1S/C9H14ClN3O/c1-9(2,14-3)5-12-8-7(10)4-11-6-13-8/h4,6H,5H2,1-3H3,(H,11,12,13). The van der Waals surface area contributed by atoms with Crippen LogP contribution in [0, 0.1) is 0 Å². The highest BCUT2D eigenvalue weighted by Crippen LogP contribution is 2.17. The first-order chi connectivity index (χ1) is 6.55. The van der Waals surface area contributed by atoms with Crippen LogP contribution >= 0.6 is 11.6 Å². The molecule has 78 valence electrons. The molecule has 0 amide bonds. The van der Waals surface area contributed by atoms with Gasteiger partial charge in [0, 0.05) is 13.7 Å². The number of aromatic nitrogens is 2. The van der Waals surface area contributed by atoms with E-state index in [-0.39, 0.29) is 5.60 Å². The van der Waals surface area contributed by atoms with Gasteiger partial charge in [-0.2, -0.15) is 0 Å². The highest BCUT2D eigenvalue weighted by molar-refractivity contribution is 6.32. The van der Waals surface area contributed by atoms with E-state index in [9.17, 15) is 0 Å². The minimum atomic E-state index is -0.242. The Balaban J connectivity index is 2.58. The summed E-state index contributed by atoms with van der Waals surface area (Å²) in [5.74, 6) is 0.631. The average molecular weight is 216 g/mol. The van der Waals surface area contributed by atoms with Crippen molar-refractivity contribution in [3.05, 3.63) is 17.5 Å². The van der Waals surface area contributed by atoms with Crippen molar-refractivity contribution in [3.63, 3.8) is 0 Å². The number of anilines is 1. The van der Waals surface area contributed by atoms with Gasteiger partial charge in [-0.05, 0) is 13.8 Å². The van der Waals surface area contributed by atoms with Gasteiger partial charge in [0.2, 0.25) is 0 Å². The van der Waals surface area contributed by atoms with Gasteiger partial charge in [-0.1, -0.05) is 11.6 Å². The van der Waals surface area contributed by atoms with Crippen LogP contribution in [0.5, 0.6) is 0 Å². The molecule has 0 unspecified atom stereocenters. The van der Waals surface area contributed by atoms with Crippen LogP contribution in [0.25, 0.3) is 0 Å². The van der Waals surface area contributed by atoms with E-state index in [1.165, 1.54) is 6.33 Å². The third-order valence-electron chi connectivity index (χ3n) is 1.90. The summed E-state index contributed by atoms with van der Waals surface area (Å²) >= 11 is 5.87. The molecule has 4 nitrogen and oxygen atoms in total. The SMILES string of the molecule is COC(C)(C)CNc1ncncc1Cl. The van der Waals surface area contributed by atoms with Gasteiger partial charge in [-0.25, -0.2) is 9.97 Å². The Labute approximate surface area is 88.7 Å². The van der Waals surface area contributed by atoms with Crippen LogP contribution in [0.1, 0.15) is 13.8 Å². The second-order valence-electron chi connectivity index (χ2n) is 3.54. The molecule has 0 aliphatic heterocycles. The van der Waals surface area contributed by atoms with Crippen LogP contribution in [0.4, 0.5) is 5.82 Å². The minimum Gasteiger partial charge on any atom is -0.377 e. The first kappa shape index (κ1) is 11.2. The zero-order valence-electron chi connectivity index (χ0n) is 8.54. The van der Waals surface area contributed by atoms with Crippen LogP contribution in [-0.2, 0) is 4.74 Å². The molecule has 1 N–H and O–H groups in total. The molecule has 0 saturated heterocycles. The molecule has 0 aliphatic carbocycles. The number of rotatable bonds is 4. The molecule has 14 heavy (non-hydrogen) atoms. The topological polar surface area (TPSA) is 47.0 Å². The van der Waals surface area contributed by atoms with E-state index >= 15 is 0 Å². The van der Waals surface area contributed by atoms with E-state index in [0.29, 0.717) is 17.4 Å². The Morgan fingerprint density at radius 1 is 1.57 bits per heavy atom. The van der Waals surface area contributed by atoms with E-state index in [0.717, 1.165) is 0 Å². The summed E-state index contributed by atoms with van der Waals surface area (Å²) in [7, 11) is 1.67. The maximum atomic E-state index is 5.87. The van der Waals surface area contributed by atoms with E-state index in [1.54, 1.807) is 13.3 Å². The first-order valence-corrected chi connectivity index (χ1v) is 4.67. The second-order valence-corrected chi connectivity index (χ2v) is 3.94. The Morgan fingerprint density at radius 3 is 2.86 bits per heavy atom. The molecule has 1 aromatic rings. The van der Waals surface area contributed by atoms with Crippen molar-refractivity contribution in [1.29, 1.82) is 0 Å². The Morgan fingerprint density at radius 2 is 2.29 bits per heavy atom. The fraction of sp³-hybridized carbons (Fsp3) is 0.556. The van der Waals surface area contributed by atoms with Gasteiger partial charge >= 0.3 is 0 Å². The number of halogens is 1. The van der Waals surface area contributed by atoms with Crippen molar-refractivity contribution >= 4 is 17.4 Å². The fourth-order valence-electron chi connectivity index (χ4n) is 0.811. The number of hydrogen-bond donors (Lipinski definition) is 1. The number of methoxy groups -OCH3 is 1. The van der Waals surface area contributed by atoms with Gasteiger partial charge in [-0.3, -0.25) is 0 Å². The maximum absolute atomic E-state index is 5.87. The summed E-state index contributed by atoms with van der Waals surface area (Å²) in [5.41, 5.74) is -0.242. The van der Waals surface area contributed by atoms with E-state index in [2.05, 4.69) is 15.3 Å². The van der Waals surface area contributed by atoms with Gasteiger partial charge in [0.15, 0.2) is 0 Å². The summed E-state index contributed by atoms with van der Waals surface area (Å²) in [5, 5.41) is 3.61. The lowest BCUT2D eigenvalue weighted by atomic mass is 10.1.